The second-order valence-electron chi connectivity index (χ2n) is 3.30. The number of fused-ring (bicyclic) bond motifs is 1. The number of halogens is 1. The van der Waals surface area contributed by atoms with Gasteiger partial charge >= 0.3 is 0 Å². The van der Waals surface area contributed by atoms with E-state index in [1.165, 1.54) is 0 Å². The molecule has 2 aromatic rings. The van der Waals surface area contributed by atoms with Gasteiger partial charge in [0.15, 0.2) is 0 Å². The highest BCUT2D eigenvalue weighted by molar-refractivity contribution is 6.31. The fraction of sp³-hybridized carbons (Fsp3) is 0.0833. The lowest BCUT2D eigenvalue weighted by Gasteiger charge is -1.96. The summed E-state index contributed by atoms with van der Waals surface area (Å²) in [5.41, 5.74) is 1.31. The Morgan fingerprint density at radius 2 is 2.31 bits per heavy atom. The summed E-state index contributed by atoms with van der Waals surface area (Å²) in [5, 5.41) is 4.15. The Morgan fingerprint density at radius 3 is 3.06 bits per heavy atom. The molecule has 4 heteroatoms. The van der Waals surface area contributed by atoms with Gasteiger partial charge in [0.1, 0.15) is 5.69 Å². The highest BCUT2D eigenvalue weighted by Crippen LogP contribution is 2.19. The lowest BCUT2D eigenvalue weighted by Crippen LogP contribution is -2.23. The summed E-state index contributed by atoms with van der Waals surface area (Å²) in [5.74, 6) is 2.13. The molecule has 2 N–H and O–H groups in total. The van der Waals surface area contributed by atoms with Crippen LogP contribution in [-0.4, -0.2) is 17.4 Å². The Morgan fingerprint density at radius 1 is 1.50 bits per heavy atom. The van der Waals surface area contributed by atoms with Crippen molar-refractivity contribution >= 4 is 28.4 Å². The Labute approximate surface area is 97.8 Å². The molecule has 0 saturated heterocycles. The van der Waals surface area contributed by atoms with E-state index in [9.17, 15) is 4.79 Å². The van der Waals surface area contributed by atoms with E-state index >= 15 is 0 Å². The molecular formula is C12H9ClN2O. The van der Waals surface area contributed by atoms with Crippen LogP contribution in [-0.2, 0) is 0 Å². The maximum atomic E-state index is 11.6. The molecule has 2 rings (SSSR count). The lowest BCUT2D eigenvalue weighted by atomic mass is 10.2. The van der Waals surface area contributed by atoms with Crippen molar-refractivity contribution in [3.8, 4) is 12.3 Å². The van der Waals surface area contributed by atoms with Crippen molar-refractivity contribution in [3.05, 3.63) is 35.0 Å². The van der Waals surface area contributed by atoms with Crippen LogP contribution in [0.15, 0.2) is 24.3 Å². The van der Waals surface area contributed by atoms with Gasteiger partial charge in [-0.25, -0.2) is 0 Å². The zero-order valence-electron chi connectivity index (χ0n) is 8.38. The molecule has 3 nitrogen and oxygen atoms in total. The molecule has 0 aliphatic heterocycles. The maximum absolute atomic E-state index is 11.6. The van der Waals surface area contributed by atoms with Crippen molar-refractivity contribution in [2.75, 3.05) is 6.54 Å². The quantitative estimate of drug-likeness (QED) is 0.766. The van der Waals surface area contributed by atoms with Gasteiger partial charge in [-0.1, -0.05) is 23.6 Å². The van der Waals surface area contributed by atoms with E-state index in [0.717, 1.165) is 10.9 Å². The summed E-state index contributed by atoms with van der Waals surface area (Å²) in [4.78, 5) is 14.6. The van der Waals surface area contributed by atoms with Gasteiger partial charge in [-0.15, -0.1) is 6.42 Å². The van der Waals surface area contributed by atoms with E-state index in [4.69, 9.17) is 18.0 Å². The van der Waals surface area contributed by atoms with E-state index in [1.54, 1.807) is 18.2 Å². The molecule has 0 radical (unpaired) electrons. The Balaban J connectivity index is 2.33. The van der Waals surface area contributed by atoms with E-state index in [1.807, 2.05) is 6.07 Å². The van der Waals surface area contributed by atoms with Gasteiger partial charge in [-0.3, -0.25) is 4.79 Å². The van der Waals surface area contributed by atoms with Crippen LogP contribution in [0.2, 0.25) is 5.02 Å². The standard InChI is InChI=1S/C12H9ClN2O/c1-2-5-14-12(16)11-6-8-3-4-9(13)7-10(8)15-11/h1,3-4,6-7,15H,5H2,(H,14,16). The topological polar surface area (TPSA) is 44.9 Å². The summed E-state index contributed by atoms with van der Waals surface area (Å²) >= 11 is 5.84. The highest BCUT2D eigenvalue weighted by atomic mass is 35.5. The fourth-order valence-electron chi connectivity index (χ4n) is 1.45. The third kappa shape index (κ3) is 2.02. The largest absolute Gasteiger partial charge is 0.350 e. The number of hydrogen-bond donors (Lipinski definition) is 2. The molecule has 0 aliphatic carbocycles. The SMILES string of the molecule is C#CCNC(=O)c1cc2ccc(Cl)cc2[nH]1. The number of rotatable bonds is 2. The van der Waals surface area contributed by atoms with Gasteiger partial charge in [0.2, 0.25) is 0 Å². The van der Waals surface area contributed by atoms with Crippen LogP contribution in [0.3, 0.4) is 0 Å². The van der Waals surface area contributed by atoms with Crippen LogP contribution >= 0.6 is 11.6 Å². The molecule has 0 bridgehead atoms. The Kier molecular flexibility index (Phi) is 2.84. The summed E-state index contributed by atoms with van der Waals surface area (Å²) < 4.78 is 0. The Bertz CT molecular complexity index is 580. The molecule has 1 heterocycles. The van der Waals surface area contributed by atoms with E-state index < -0.39 is 0 Å². The minimum absolute atomic E-state index is 0.217. The molecule has 1 aromatic heterocycles. The summed E-state index contributed by atoms with van der Waals surface area (Å²) in [6.07, 6.45) is 5.06. The van der Waals surface area contributed by atoms with Crippen molar-refractivity contribution in [2.45, 2.75) is 0 Å². The van der Waals surface area contributed by atoms with E-state index in [-0.39, 0.29) is 12.5 Å². The van der Waals surface area contributed by atoms with Crippen LogP contribution in [0.5, 0.6) is 0 Å². The van der Waals surface area contributed by atoms with Gasteiger partial charge in [0.05, 0.1) is 6.54 Å². The molecule has 0 fully saturated rings. The maximum Gasteiger partial charge on any atom is 0.268 e. The van der Waals surface area contributed by atoms with Crippen LogP contribution < -0.4 is 5.32 Å². The zero-order valence-corrected chi connectivity index (χ0v) is 9.14. The number of amides is 1. The van der Waals surface area contributed by atoms with Gasteiger partial charge in [0.25, 0.3) is 5.91 Å². The molecule has 0 unspecified atom stereocenters. The number of carbonyl (C=O) groups excluding carboxylic acids is 1. The number of hydrogen-bond acceptors (Lipinski definition) is 1. The second-order valence-corrected chi connectivity index (χ2v) is 3.74. The number of nitrogens with one attached hydrogen (secondary N) is 2. The van der Waals surface area contributed by atoms with Crippen LogP contribution in [0.4, 0.5) is 0 Å². The molecular weight excluding hydrogens is 224 g/mol. The van der Waals surface area contributed by atoms with Crippen molar-refractivity contribution < 1.29 is 4.79 Å². The predicted molar refractivity (Wildman–Crippen MR) is 64.5 cm³/mol. The monoisotopic (exact) mass is 232 g/mol. The van der Waals surface area contributed by atoms with Crippen molar-refractivity contribution in [2.24, 2.45) is 0 Å². The average molecular weight is 233 g/mol. The summed E-state index contributed by atoms with van der Waals surface area (Å²) in [6.45, 7) is 0.217. The minimum Gasteiger partial charge on any atom is -0.350 e. The first kappa shape index (κ1) is 10.6. The number of H-pyrrole nitrogens is 1. The molecule has 1 amide bonds. The van der Waals surface area contributed by atoms with Gasteiger partial charge in [0, 0.05) is 15.9 Å². The lowest BCUT2D eigenvalue weighted by molar-refractivity contribution is 0.0954. The summed E-state index contributed by atoms with van der Waals surface area (Å²) in [6, 6.07) is 7.17. The average Bonchev–Trinajstić information content (AvgIpc) is 2.68. The normalized spacial score (nSPS) is 10.0. The van der Waals surface area contributed by atoms with Crippen molar-refractivity contribution in [3.63, 3.8) is 0 Å². The molecule has 0 spiro atoms. The van der Waals surface area contributed by atoms with Gasteiger partial charge < -0.3 is 10.3 Å². The minimum atomic E-state index is -0.217. The first-order valence-electron chi connectivity index (χ1n) is 4.70. The third-order valence-electron chi connectivity index (χ3n) is 2.18. The molecule has 0 saturated carbocycles. The fourth-order valence-corrected chi connectivity index (χ4v) is 1.62. The molecule has 80 valence electrons. The molecule has 16 heavy (non-hydrogen) atoms. The highest BCUT2D eigenvalue weighted by Gasteiger charge is 2.08. The number of carbonyl (C=O) groups is 1. The first-order valence-corrected chi connectivity index (χ1v) is 5.08. The van der Waals surface area contributed by atoms with Crippen LogP contribution in [0.1, 0.15) is 10.5 Å². The molecule has 1 aromatic carbocycles. The van der Waals surface area contributed by atoms with Crippen LogP contribution in [0, 0.1) is 12.3 Å². The van der Waals surface area contributed by atoms with Gasteiger partial charge in [-0.2, -0.15) is 0 Å². The van der Waals surface area contributed by atoms with Crippen molar-refractivity contribution in [1.29, 1.82) is 0 Å². The number of benzene rings is 1. The van der Waals surface area contributed by atoms with E-state index in [2.05, 4.69) is 16.2 Å². The van der Waals surface area contributed by atoms with E-state index in [0.29, 0.717) is 10.7 Å². The van der Waals surface area contributed by atoms with Gasteiger partial charge in [-0.05, 0) is 18.2 Å². The second kappa shape index (κ2) is 4.30. The predicted octanol–water partition coefficient (Wildman–Crippen LogP) is 2.18. The van der Waals surface area contributed by atoms with Crippen LogP contribution in [0.25, 0.3) is 10.9 Å². The Hall–Kier alpha value is -1.92. The molecule has 0 aliphatic rings. The smallest absolute Gasteiger partial charge is 0.268 e. The number of aromatic nitrogens is 1. The third-order valence-corrected chi connectivity index (χ3v) is 2.42. The van der Waals surface area contributed by atoms with Crippen molar-refractivity contribution in [1.82, 2.24) is 10.3 Å². The zero-order chi connectivity index (χ0) is 11.5. The number of terminal acetylenes is 1. The summed E-state index contributed by atoms with van der Waals surface area (Å²) in [7, 11) is 0. The molecule has 0 atom stereocenters. The number of aromatic amines is 1. The first-order chi connectivity index (χ1) is 7.70.